The molecule has 1 fully saturated rings. The lowest BCUT2D eigenvalue weighted by molar-refractivity contribution is -0.145. The van der Waals surface area contributed by atoms with Gasteiger partial charge in [-0.05, 0) is 34.1 Å². The van der Waals surface area contributed by atoms with E-state index >= 15 is 0 Å². The molecule has 2 rings (SSSR count). The average molecular weight is 366 g/mol. The summed E-state index contributed by atoms with van der Waals surface area (Å²) in [7, 11) is 1.20. The first-order valence-electron chi connectivity index (χ1n) is 5.99. The summed E-state index contributed by atoms with van der Waals surface area (Å²) in [5, 5.41) is 0. The van der Waals surface area contributed by atoms with E-state index in [2.05, 4.69) is 20.7 Å². The number of ether oxygens (including phenoxy) is 1. The van der Waals surface area contributed by atoms with Crippen molar-refractivity contribution in [3.05, 3.63) is 28.2 Å². The van der Waals surface area contributed by atoms with E-state index in [0.29, 0.717) is 4.47 Å². The second kappa shape index (κ2) is 5.67. The molecule has 1 atom stereocenters. The highest BCUT2D eigenvalue weighted by Gasteiger charge is 2.38. The Labute approximate surface area is 127 Å². The maximum atomic E-state index is 12.8. The summed E-state index contributed by atoms with van der Waals surface area (Å²) in [6, 6.07) is 3.05. The monoisotopic (exact) mass is 365 g/mol. The van der Waals surface area contributed by atoms with E-state index < -0.39 is 29.5 Å². The molecule has 4 nitrogen and oxygen atoms in total. The van der Waals surface area contributed by atoms with Crippen molar-refractivity contribution >= 4 is 33.5 Å². The fourth-order valence-electron chi connectivity index (χ4n) is 2.16. The molecule has 0 radical (unpaired) electrons. The van der Waals surface area contributed by atoms with Gasteiger partial charge < -0.3 is 9.64 Å². The molecule has 1 aliphatic rings. The number of amides is 1. The van der Waals surface area contributed by atoms with Crippen molar-refractivity contribution in [2.75, 3.05) is 18.6 Å². The van der Waals surface area contributed by atoms with E-state index in [-0.39, 0.29) is 18.7 Å². The number of methoxy groups -OCH3 is 1. The maximum Gasteiger partial charge on any atom is 0.416 e. The molecule has 21 heavy (non-hydrogen) atoms. The van der Waals surface area contributed by atoms with Crippen LogP contribution in [0.2, 0.25) is 0 Å². The van der Waals surface area contributed by atoms with Crippen LogP contribution in [0.3, 0.4) is 0 Å². The number of carbonyl (C=O) groups excluding carboxylic acids is 2. The molecule has 0 spiro atoms. The summed E-state index contributed by atoms with van der Waals surface area (Å²) in [5.41, 5.74) is -0.753. The third-order valence-electron chi connectivity index (χ3n) is 3.22. The van der Waals surface area contributed by atoms with Gasteiger partial charge in [-0.3, -0.25) is 9.59 Å². The molecule has 1 saturated heterocycles. The van der Waals surface area contributed by atoms with Crippen molar-refractivity contribution < 1.29 is 27.5 Å². The van der Waals surface area contributed by atoms with Crippen LogP contribution < -0.4 is 4.90 Å². The molecule has 1 heterocycles. The zero-order chi connectivity index (χ0) is 15.8. The Bertz CT molecular complexity index is 589. The number of esters is 1. The lowest BCUT2D eigenvalue weighted by Crippen LogP contribution is -2.27. The Balaban J connectivity index is 2.34. The zero-order valence-electron chi connectivity index (χ0n) is 10.9. The van der Waals surface area contributed by atoms with Crippen LogP contribution in [-0.4, -0.2) is 25.5 Å². The van der Waals surface area contributed by atoms with Crippen LogP contribution in [0.25, 0.3) is 0 Å². The van der Waals surface area contributed by atoms with Crippen LogP contribution in [0.4, 0.5) is 18.9 Å². The number of benzene rings is 1. The van der Waals surface area contributed by atoms with Crippen molar-refractivity contribution in [1.29, 1.82) is 0 Å². The summed E-state index contributed by atoms with van der Waals surface area (Å²) in [5.74, 6) is -1.62. The highest BCUT2D eigenvalue weighted by atomic mass is 79.9. The Morgan fingerprint density at radius 2 is 2.10 bits per heavy atom. The van der Waals surface area contributed by atoms with Crippen molar-refractivity contribution in [2.45, 2.75) is 12.6 Å². The van der Waals surface area contributed by atoms with Crippen molar-refractivity contribution in [2.24, 2.45) is 5.92 Å². The maximum absolute atomic E-state index is 12.8. The third-order valence-corrected chi connectivity index (χ3v) is 3.89. The van der Waals surface area contributed by atoms with Crippen LogP contribution in [0.15, 0.2) is 22.7 Å². The molecule has 0 saturated carbocycles. The first-order chi connectivity index (χ1) is 9.74. The van der Waals surface area contributed by atoms with Crippen LogP contribution in [0, 0.1) is 5.92 Å². The van der Waals surface area contributed by atoms with E-state index in [9.17, 15) is 22.8 Å². The van der Waals surface area contributed by atoms with Gasteiger partial charge in [0.15, 0.2) is 0 Å². The average Bonchev–Trinajstić information content (AvgIpc) is 2.79. The zero-order valence-corrected chi connectivity index (χ0v) is 12.5. The molecule has 0 N–H and O–H groups in total. The normalized spacial score (nSPS) is 19.0. The minimum atomic E-state index is -4.50. The van der Waals surface area contributed by atoms with E-state index in [0.717, 1.165) is 12.1 Å². The second-order valence-electron chi connectivity index (χ2n) is 4.59. The number of alkyl halides is 3. The van der Waals surface area contributed by atoms with Crippen molar-refractivity contribution in [1.82, 2.24) is 0 Å². The Morgan fingerprint density at radius 1 is 1.43 bits per heavy atom. The third kappa shape index (κ3) is 3.20. The number of hydrogen-bond acceptors (Lipinski definition) is 3. The Kier molecular flexibility index (Phi) is 4.27. The minimum absolute atomic E-state index is 0.00537. The lowest BCUT2D eigenvalue weighted by Gasteiger charge is -2.19. The van der Waals surface area contributed by atoms with E-state index in [1.165, 1.54) is 18.1 Å². The van der Waals surface area contributed by atoms with Gasteiger partial charge >= 0.3 is 12.1 Å². The quantitative estimate of drug-likeness (QED) is 0.757. The number of hydrogen-bond donors (Lipinski definition) is 0. The van der Waals surface area contributed by atoms with Crippen molar-refractivity contribution in [3.63, 3.8) is 0 Å². The van der Waals surface area contributed by atoms with E-state index in [1.54, 1.807) is 0 Å². The summed E-state index contributed by atoms with van der Waals surface area (Å²) in [6.07, 6.45) is -4.57. The molecule has 1 aromatic carbocycles. The fourth-order valence-corrected chi connectivity index (χ4v) is 2.62. The van der Waals surface area contributed by atoms with Gasteiger partial charge in [0.2, 0.25) is 5.91 Å². The van der Waals surface area contributed by atoms with Crippen LogP contribution in [-0.2, 0) is 20.5 Å². The standard InChI is InChI=1S/C13H11BrF3NO3/c1-21-12(20)7-4-11(19)18(6-7)10-5-8(13(15,16)17)2-3-9(10)14/h2-3,5,7H,4,6H2,1H3. The topological polar surface area (TPSA) is 46.6 Å². The molecule has 114 valence electrons. The molecule has 0 aromatic heterocycles. The largest absolute Gasteiger partial charge is 0.469 e. The molecule has 1 aromatic rings. The number of anilines is 1. The smallest absolute Gasteiger partial charge is 0.416 e. The SMILES string of the molecule is COC(=O)C1CC(=O)N(c2cc(C(F)(F)F)ccc2Br)C1. The van der Waals surface area contributed by atoms with Crippen molar-refractivity contribution in [3.8, 4) is 0 Å². The van der Waals surface area contributed by atoms with Gasteiger partial charge in [0.25, 0.3) is 0 Å². The first-order valence-corrected chi connectivity index (χ1v) is 6.78. The van der Waals surface area contributed by atoms with Crippen LogP contribution >= 0.6 is 15.9 Å². The summed E-state index contributed by atoms with van der Waals surface area (Å²) >= 11 is 3.13. The van der Waals surface area contributed by atoms with E-state index in [1.807, 2.05) is 0 Å². The van der Waals surface area contributed by atoms with Gasteiger partial charge in [-0.2, -0.15) is 13.2 Å². The predicted octanol–water partition coefficient (Wildman–Crippen LogP) is 2.99. The fraction of sp³-hybridized carbons (Fsp3) is 0.385. The first kappa shape index (κ1) is 15.8. The summed E-state index contributed by atoms with van der Waals surface area (Å²) in [6.45, 7) is 0.00537. The van der Waals surface area contributed by atoms with Gasteiger partial charge in [-0.15, -0.1) is 0 Å². The van der Waals surface area contributed by atoms with Crippen LogP contribution in [0.1, 0.15) is 12.0 Å². The summed E-state index contributed by atoms with van der Waals surface area (Å²) in [4.78, 5) is 24.6. The molecule has 1 aliphatic heterocycles. The van der Waals surface area contributed by atoms with Gasteiger partial charge in [-0.25, -0.2) is 0 Å². The minimum Gasteiger partial charge on any atom is -0.469 e. The van der Waals surface area contributed by atoms with E-state index in [4.69, 9.17) is 0 Å². The molecular weight excluding hydrogens is 355 g/mol. The second-order valence-corrected chi connectivity index (χ2v) is 5.45. The molecule has 1 amide bonds. The molecule has 8 heteroatoms. The highest BCUT2D eigenvalue weighted by molar-refractivity contribution is 9.10. The number of halogens is 4. The summed E-state index contributed by atoms with van der Waals surface area (Å²) < 4.78 is 43.2. The van der Waals surface area contributed by atoms with Gasteiger partial charge in [-0.1, -0.05) is 0 Å². The Hall–Kier alpha value is -1.57. The molecule has 0 bridgehead atoms. The molecular formula is C13H11BrF3NO3. The highest BCUT2D eigenvalue weighted by Crippen LogP contribution is 2.37. The number of carbonyl (C=O) groups is 2. The van der Waals surface area contributed by atoms with Gasteiger partial charge in [0.1, 0.15) is 0 Å². The number of rotatable bonds is 2. The van der Waals surface area contributed by atoms with Crippen LogP contribution in [0.5, 0.6) is 0 Å². The lowest BCUT2D eigenvalue weighted by atomic mass is 10.1. The van der Waals surface area contributed by atoms with Gasteiger partial charge in [0, 0.05) is 17.4 Å². The predicted molar refractivity (Wildman–Crippen MR) is 71.6 cm³/mol. The molecule has 0 aliphatic carbocycles. The number of nitrogens with zero attached hydrogens (tertiary/aromatic N) is 1. The Morgan fingerprint density at radius 3 is 2.67 bits per heavy atom. The molecule has 1 unspecified atom stereocenters. The van der Waals surface area contributed by atoms with Gasteiger partial charge in [0.05, 0.1) is 24.3 Å².